The summed E-state index contributed by atoms with van der Waals surface area (Å²) in [6.45, 7) is 2.94. The van der Waals surface area contributed by atoms with Crippen molar-refractivity contribution in [1.82, 2.24) is 10.6 Å². The Hall–Kier alpha value is -1.55. The van der Waals surface area contributed by atoms with E-state index in [0.717, 1.165) is 38.2 Å². The van der Waals surface area contributed by atoms with Gasteiger partial charge in [-0.25, -0.2) is 4.79 Å². The van der Waals surface area contributed by atoms with Gasteiger partial charge in [-0.2, -0.15) is 0 Å². The lowest BCUT2D eigenvalue weighted by molar-refractivity contribution is 0.0669. The van der Waals surface area contributed by atoms with Crippen molar-refractivity contribution in [1.29, 1.82) is 0 Å². The van der Waals surface area contributed by atoms with Crippen molar-refractivity contribution in [3.05, 3.63) is 35.9 Å². The van der Waals surface area contributed by atoms with Crippen molar-refractivity contribution >= 4 is 6.03 Å². The van der Waals surface area contributed by atoms with Crippen LogP contribution in [0, 0.1) is 5.92 Å². The molecule has 1 fully saturated rings. The third kappa shape index (κ3) is 4.37. The van der Waals surface area contributed by atoms with Crippen molar-refractivity contribution in [2.24, 2.45) is 5.92 Å². The molecule has 2 amide bonds. The average molecular weight is 248 g/mol. The number of benzene rings is 1. The summed E-state index contributed by atoms with van der Waals surface area (Å²) in [6, 6.07) is 9.81. The molecule has 4 nitrogen and oxygen atoms in total. The third-order valence-corrected chi connectivity index (χ3v) is 3.19. The van der Waals surface area contributed by atoms with Gasteiger partial charge >= 0.3 is 6.03 Å². The maximum absolute atomic E-state index is 11.6. The topological polar surface area (TPSA) is 50.4 Å². The lowest BCUT2D eigenvalue weighted by atomic mass is 10.0. The van der Waals surface area contributed by atoms with Crippen LogP contribution >= 0.6 is 0 Å². The minimum Gasteiger partial charge on any atom is -0.381 e. The largest absolute Gasteiger partial charge is 0.381 e. The fourth-order valence-corrected chi connectivity index (χ4v) is 2.03. The molecule has 0 saturated carbocycles. The van der Waals surface area contributed by atoms with Crippen molar-refractivity contribution in [3.63, 3.8) is 0 Å². The third-order valence-electron chi connectivity index (χ3n) is 3.19. The predicted octanol–water partition coefficient (Wildman–Crippen LogP) is 1.91. The average Bonchev–Trinajstić information content (AvgIpc) is 2.45. The Kier molecular flexibility index (Phi) is 5.02. The van der Waals surface area contributed by atoms with Gasteiger partial charge in [-0.15, -0.1) is 0 Å². The van der Waals surface area contributed by atoms with Gasteiger partial charge in [0, 0.05) is 26.3 Å². The van der Waals surface area contributed by atoms with E-state index in [1.165, 1.54) is 0 Å². The standard InChI is InChI=1S/C14H20N2O2/c17-14(15-10-12-4-2-1-3-5-12)16-11-13-6-8-18-9-7-13/h1-5,13H,6-11H2,(H2,15,16,17). The molecule has 1 aromatic rings. The summed E-state index contributed by atoms with van der Waals surface area (Å²) in [4.78, 5) is 11.6. The monoisotopic (exact) mass is 248 g/mol. The minimum absolute atomic E-state index is 0.0923. The van der Waals surface area contributed by atoms with Gasteiger partial charge in [0.05, 0.1) is 0 Å². The molecule has 4 heteroatoms. The first kappa shape index (κ1) is 12.9. The molecule has 2 rings (SSSR count). The summed E-state index contributed by atoms with van der Waals surface area (Å²) >= 11 is 0. The van der Waals surface area contributed by atoms with Gasteiger partial charge in [-0.05, 0) is 24.3 Å². The Morgan fingerprint density at radius 3 is 2.61 bits per heavy atom. The lowest BCUT2D eigenvalue weighted by Gasteiger charge is -2.22. The van der Waals surface area contributed by atoms with Crippen LogP contribution in [0.1, 0.15) is 18.4 Å². The van der Waals surface area contributed by atoms with E-state index in [-0.39, 0.29) is 6.03 Å². The molecule has 1 aliphatic heterocycles. The van der Waals surface area contributed by atoms with Crippen LogP contribution in [0.3, 0.4) is 0 Å². The van der Waals surface area contributed by atoms with Gasteiger partial charge in [0.15, 0.2) is 0 Å². The van der Waals surface area contributed by atoms with Crippen LogP contribution in [0.25, 0.3) is 0 Å². The summed E-state index contributed by atoms with van der Waals surface area (Å²) in [5, 5.41) is 5.77. The maximum atomic E-state index is 11.6. The molecule has 0 radical (unpaired) electrons. The van der Waals surface area contributed by atoms with Crippen molar-refractivity contribution < 1.29 is 9.53 Å². The number of urea groups is 1. The molecular formula is C14H20N2O2. The first-order valence-electron chi connectivity index (χ1n) is 6.48. The number of carbonyl (C=O) groups excluding carboxylic acids is 1. The molecule has 0 spiro atoms. The number of carbonyl (C=O) groups is 1. The van der Waals surface area contributed by atoms with Crippen LogP contribution in [0.4, 0.5) is 4.79 Å². The fourth-order valence-electron chi connectivity index (χ4n) is 2.03. The first-order chi connectivity index (χ1) is 8.84. The highest BCUT2D eigenvalue weighted by atomic mass is 16.5. The van der Waals surface area contributed by atoms with Gasteiger partial charge in [-0.3, -0.25) is 0 Å². The summed E-state index contributed by atoms with van der Waals surface area (Å²) in [5.41, 5.74) is 1.11. The Balaban J connectivity index is 1.63. The van der Waals surface area contributed by atoms with Gasteiger partial charge in [0.25, 0.3) is 0 Å². The first-order valence-corrected chi connectivity index (χ1v) is 6.48. The highest BCUT2D eigenvalue weighted by molar-refractivity contribution is 5.73. The second-order valence-electron chi connectivity index (χ2n) is 4.60. The highest BCUT2D eigenvalue weighted by Gasteiger charge is 2.14. The van der Waals surface area contributed by atoms with Gasteiger partial charge in [0.1, 0.15) is 0 Å². The molecule has 1 aliphatic rings. The lowest BCUT2D eigenvalue weighted by Crippen LogP contribution is -2.39. The number of hydrogen-bond acceptors (Lipinski definition) is 2. The van der Waals surface area contributed by atoms with Crippen LogP contribution in [0.2, 0.25) is 0 Å². The summed E-state index contributed by atoms with van der Waals surface area (Å²) < 4.78 is 5.28. The Labute approximate surface area is 108 Å². The Morgan fingerprint density at radius 2 is 1.89 bits per heavy atom. The van der Waals surface area contributed by atoms with Crippen LogP contribution < -0.4 is 10.6 Å². The second-order valence-corrected chi connectivity index (χ2v) is 4.60. The van der Waals surface area contributed by atoms with E-state index in [4.69, 9.17) is 4.74 Å². The van der Waals surface area contributed by atoms with Crippen molar-refractivity contribution in [3.8, 4) is 0 Å². The molecule has 1 heterocycles. The Bertz CT molecular complexity index is 361. The fraction of sp³-hybridized carbons (Fsp3) is 0.500. The molecule has 18 heavy (non-hydrogen) atoms. The Morgan fingerprint density at radius 1 is 1.17 bits per heavy atom. The smallest absolute Gasteiger partial charge is 0.315 e. The number of ether oxygens (including phenoxy) is 1. The van der Waals surface area contributed by atoms with Crippen LogP contribution in [0.5, 0.6) is 0 Å². The quantitative estimate of drug-likeness (QED) is 0.855. The predicted molar refractivity (Wildman–Crippen MR) is 70.2 cm³/mol. The summed E-state index contributed by atoms with van der Waals surface area (Å²) in [6.07, 6.45) is 2.08. The van der Waals surface area contributed by atoms with E-state index in [0.29, 0.717) is 12.5 Å². The zero-order valence-electron chi connectivity index (χ0n) is 10.5. The molecule has 1 aromatic carbocycles. The van der Waals surface area contributed by atoms with E-state index in [9.17, 15) is 4.79 Å². The number of nitrogens with one attached hydrogen (secondary N) is 2. The van der Waals surface area contributed by atoms with Crippen molar-refractivity contribution in [2.75, 3.05) is 19.8 Å². The molecule has 0 bridgehead atoms. The molecule has 0 aliphatic carbocycles. The zero-order valence-corrected chi connectivity index (χ0v) is 10.5. The normalized spacial score (nSPS) is 16.2. The van der Waals surface area contributed by atoms with E-state index in [1.807, 2.05) is 30.3 Å². The number of hydrogen-bond donors (Lipinski definition) is 2. The van der Waals surface area contributed by atoms with E-state index >= 15 is 0 Å². The van der Waals surface area contributed by atoms with Crippen LogP contribution in [-0.2, 0) is 11.3 Å². The second kappa shape index (κ2) is 7.01. The molecular weight excluding hydrogens is 228 g/mol. The van der Waals surface area contributed by atoms with Gasteiger partial charge < -0.3 is 15.4 Å². The summed E-state index contributed by atoms with van der Waals surface area (Å²) in [5.74, 6) is 0.557. The number of amides is 2. The van der Waals surface area contributed by atoms with E-state index < -0.39 is 0 Å². The molecule has 1 saturated heterocycles. The van der Waals surface area contributed by atoms with Gasteiger partial charge in [0.2, 0.25) is 0 Å². The van der Waals surface area contributed by atoms with Crippen LogP contribution in [-0.4, -0.2) is 25.8 Å². The summed E-state index contributed by atoms with van der Waals surface area (Å²) in [7, 11) is 0. The van der Waals surface area contributed by atoms with E-state index in [2.05, 4.69) is 10.6 Å². The van der Waals surface area contributed by atoms with Crippen LogP contribution in [0.15, 0.2) is 30.3 Å². The SMILES string of the molecule is O=C(NCc1ccccc1)NCC1CCOCC1. The molecule has 2 N–H and O–H groups in total. The maximum Gasteiger partial charge on any atom is 0.315 e. The molecule has 98 valence electrons. The zero-order chi connectivity index (χ0) is 12.6. The highest BCUT2D eigenvalue weighted by Crippen LogP contribution is 2.12. The minimum atomic E-state index is -0.0923. The van der Waals surface area contributed by atoms with Crippen molar-refractivity contribution in [2.45, 2.75) is 19.4 Å². The molecule has 0 unspecified atom stereocenters. The van der Waals surface area contributed by atoms with E-state index in [1.54, 1.807) is 0 Å². The molecule has 0 aromatic heterocycles. The molecule has 0 atom stereocenters. The number of rotatable bonds is 4. The van der Waals surface area contributed by atoms with Gasteiger partial charge in [-0.1, -0.05) is 30.3 Å².